The van der Waals surface area contributed by atoms with E-state index in [2.05, 4.69) is 31.0 Å². The van der Waals surface area contributed by atoms with Crippen molar-refractivity contribution in [2.45, 2.75) is 40.0 Å². The molecular formula is C13H28N2. The highest BCUT2D eigenvalue weighted by atomic mass is 15.2. The van der Waals surface area contributed by atoms with Crippen molar-refractivity contribution in [1.29, 1.82) is 0 Å². The smallest absolute Gasteiger partial charge is 0.0107 e. The van der Waals surface area contributed by atoms with Gasteiger partial charge in [-0.25, -0.2) is 0 Å². The summed E-state index contributed by atoms with van der Waals surface area (Å²) in [6.45, 7) is 13.1. The highest BCUT2D eigenvalue weighted by molar-refractivity contribution is 4.74. The van der Waals surface area contributed by atoms with Crippen molar-refractivity contribution in [3.63, 3.8) is 0 Å². The minimum absolute atomic E-state index is 0.828. The molecule has 1 rings (SSSR count). The quantitative estimate of drug-likeness (QED) is 0.652. The Morgan fingerprint density at radius 2 is 2.13 bits per heavy atom. The lowest BCUT2D eigenvalue weighted by Gasteiger charge is -2.16. The Kier molecular flexibility index (Phi) is 6.26. The highest BCUT2D eigenvalue weighted by Gasteiger charge is 2.19. The number of rotatable bonds is 7. The van der Waals surface area contributed by atoms with Crippen molar-refractivity contribution >= 4 is 0 Å². The van der Waals surface area contributed by atoms with Crippen LogP contribution in [0.25, 0.3) is 0 Å². The molecule has 15 heavy (non-hydrogen) atoms. The van der Waals surface area contributed by atoms with Gasteiger partial charge in [0.25, 0.3) is 0 Å². The predicted octanol–water partition coefficient (Wildman–Crippen LogP) is 2.35. The van der Waals surface area contributed by atoms with E-state index in [0.717, 1.165) is 11.8 Å². The van der Waals surface area contributed by atoms with Gasteiger partial charge in [-0.2, -0.15) is 0 Å². The van der Waals surface area contributed by atoms with Gasteiger partial charge in [-0.1, -0.05) is 27.2 Å². The van der Waals surface area contributed by atoms with Crippen molar-refractivity contribution in [2.75, 3.05) is 32.7 Å². The van der Waals surface area contributed by atoms with Crippen LogP contribution in [0.3, 0.4) is 0 Å². The lowest BCUT2D eigenvalue weighted by atomic mass is 10.1. The maximum atomic E-state index is 3.53. The Hall–Kier alpha value is -0.0800. The third kappa shape index (κ3) is 5.53. The summed E-state index contributed by atoms with van der Waals surface area (Å²) in [5, 5.41) is 3.53. The average molecular weight is 212 g/mol. The third-order valence-corrected chi connectivity index (χ3v) is 3.45. The number of hydrogen-bond donors (Lipinski definition) is 1. The Balaban J connectivity index is 1.92. The lowest BCUT2D eigenvalue weighted by molar-refractivity contribution is 0.319. The molecule has 1 unspecified atom stereocenters. The predicted molar refractivity (Wildman–Crippen MR) is 67.2 cm³/mol. The molecule has 90 valence electrons. The van der Waals surface area contributed by atoms with Crippen LogP contribution in [0.5, 0.6) is 0 Å². The van der Waals surface area contributed by atoms with Gasteiger partial charge in [-0.05, 0) is 37.8 Å². The van der Waals surface area contributed by atoms with Crippen molar-refractivity contribution in [1.82, 2.24) is 10.2 Å². The van der Waals surface area contributed by atoms with Crippen LogP contribution in [0.2, 0.25) is 0 Å². The normalized spacial score (nSPS) is 22.8. The second-order valence-electron chi connectivity index (χ2n) is 5.30. The van der Waals surface area contributed by atoms with Crippen LogP contribution in [0, 0.1) is 11.8 Å². The molecule has 0 aliphatic carbocycles. The van der Waals surface area contributed by atoms with Gasteiger partial charge in [-0.3, -0.25) is 0 Å². The topological polar surface area (TPSA) is 15.3 Å². The zero-order chi connectivity index (χ0) is 11.1. The van der Waals surface area contributed by atoms with Gasteiger partial charge < -0.3 is 10.2 Å². The van der Waals surface area contributed by atoms with E-state index < -0.39 is 0 Å². The molecule has 0 radical (unpaired) electrons. The molecule has 1 aliphatic heterocycles. The fourth-order valence-electron chi connectivity index (χ4n) is 2.20. The first-order valence-corrected chi connectivity index (χ1v) is 6.65. The standard InChI is InChI=1S/C13H28N2/c1-4-13-6-9-15(11-13)10-8-14-7-5-12(2)3/h12-14H,4-11H2,1-3H3. The van der Waals surface area contributed by atoms with E-state index in [1.807, 2.05) is 0 Å². The van der Waals surface area contributed by atoms with E-state index >= 15 is 0 Å². The molecular weight excluding hydrogens is 184 g/mol. The third-order valence-electron chi connectivity index (χ3n) is 3.45. The first-order valence-electron chi connectivity index (χ1n) is 6.65. The van der Waals surface area contributed by atoms with Gasteiger partial charge in [0.15, 0.2) is 0 Å². The summed E-state index contributed by atoms with van der Waals surface area (Å²) in [5.41, 5.74) is 0. The fraction of sp³-hybridized carbons (Fsp3) is 1.00. The molecule has 0 saturated carbocycles. The van der Waals surface area contributed by atoms with E-state index in [1.54, 1.807) is 0 Å². The molecule has 0 aromatic rings. The molecule has 0 amide bonds. The van der Waals surface area contributed by atoms with E-state index in [-0.39, 0.29) is 0 Å². The number of nitrogens with zero attached hydrogens (tertiary/aromatic N) is 1. The molecule has 0 spiro atoms. The molecule has 1 N–H and O–H groups in total. The Morgan fingerprint density at radius 1 is 1.33 bits per heavy atom. The number of hydrogen-bond acceptors (Lipinski definition) is 2. The van der Waals surface area contributed by atoms with E-state index in [0.29, 0.717) is 0 Å². The summed E-state index contributed by atoms with van der Waals surface area (Å²) < 4.78 is 0. The van der Waals surface area contributed by atoms with Gasteiger partial charge in [0.2, 0.25) is 0 Å². The molecule has 1 saturated heterocycles. The first-order chi connectivity index (χ1) is 7.22. The Bertz CT molecular complexity index is 157. The van der Waals surface area contributed by atoms with Crippen LogP contribution in [0.4, 0.5) is 0 Å². The van der Waals surface area contributed by atoms with Gasteiger partial charge in [0.05, 0.1) is 0 Å². The van der Waals surface area contributed by atoms with Gasteiger partial charge in [-0.15, -0.1) is 0 Å². The van der Waals surface area contributed by atoms with Crippen molar-refractivity contribution in [3.05, 3.63) is 0 Å². The Morgan fingerprint density at radius 3 is 2.73 bits per heavy atom. The van der Waals surface area contributed by atoms with Crippen LogP contribution >= 0.6 is 0 Å². The van der Waals surface area contributed by atoms with Crippen LogP contribution < -0.4 is 5.32 Å². The first kappa shape index (κ1) is 13.0. The number of nitrogens with one attached hydrogen (secondary N) is 1. The molecule has 2 nitrogen and oxygen atoms in total. The zero-order valence-electron chi connectivity index (χ0n) is 10.8. The molecule has 1 heterocycles. The molecule has 0 aromatic carbocycles. The summed E-state index contributed by atoms with van der Waals surface area (Å²) in [5.74, 6) is 1.80. The van der Waals surface area contributed by atoms with Gasteiger partial charge in [0, 0.05) is 19.6 Å². The van der Waals surface area contributed by atoms with Crippen LogP contribution in [0.15, 0.2) is 0 Å². The second-order valence-corrected chi connectivity index (χ2v) is 5.30. The second kappa shape index (κ2) is 7.24. The number of likely N-dealkylation sites (tertiary alicyclic amines) is 1. The molecule has 1 fully saturated rings. The van der Waals surface area contributed by atoms with Crippen LogP contribution in [0.1, 0.15) is 40.0 Å². The highest BCUT2D eigenvalue weighted by Crippen LogP contribution is 2.17. The van der Waals surface area contributed by atoms with Crippen molar-refractivity contribution < 1.29 is 0 Å². The molecule has 1 atom stereocenters. The summed E-state index contributed by atoms with van der Waals surface area (Å²) in [6.07, 6.45) is 4.08. The monoisotopic (exact) mass is 212 g/mol. The molecule has 0 bridgehead atoms. The van der Waals surface area contributed by atoms with Crippen LogP contribution in [-0.4, -0.2) is 37.6 Å². The van der Waals surface area contributed by atoms with Gasteiger partial charge in [0.1, 0.15) is 0 Å². The van der Waals surface area contributed by atoms with Crippen molar-refractivity contribution in [3.8, 4) is 0 Å². The van der Waals surface area contributed by atoms with Crippen LogP contribution in [-0.2, 0) is 0 Å². The fourth-order valence-corrected chi connectivity index (χ4v) is 2.20. The Labute approximate surface area is 95.4 Å². The summed E-state index contributed by atoms with van der Waals surface area (Å²) >= 11 is 0. The lowest BCUT2D eigenvalue weighted by Crippen LogP contribution is -2.31. The van der Waals surface area contributed by atoms with E-state index in [1.165, 1.54) is 52.0 Å². The molecule has 0 aromatic heterocycles. The SMILES string of the molecule is CCC1CCN(CCNCCC(C)C)C1. The minimum atomic E-state index is 0.828. The largest absolute Gasteiger partial charge is 0.315 e. The maximum absolute atomic E-state index is 3.53. The summed E-state index contributed by atoms with van der Waals surface area (Å²) in [7, 11) is 0. The molecule has 2 heteroatoms. The van der Waals surface area contributed by atoms with Gasteiger partial charge >= 0.3 is 0 Å². The zero-order valence-corrected chi connectivity index (χ0v) is 10.8. The average Bonchev–Trinajstić information content (AvgIpc) is 2.65. The minimum Gasteiger partial charge on any atom is -0.315 e. The summed E-state index contributed by atoms with van der Waals surface area (Å²) in [4.78, 5) is 2.61. The maximum Gasteiger partial charge on any atom is 0.0107 e. The van der Waals surface area contributed by atoms with Crippen molar-refractivity contribution in [2.24, 2.45) is 11.8 Å². The molecule has 1 aliphatic rings. The van der Waals surface area contributed by atoms with E-state index in [9.17, 15) is 0 Å². The van der Waals surface area contributed by atoms with E-state index in [4.69, 9.17) is 0 Å². The summed E-state index contributed by atoms with van der Waals surface area (Å²) in [6, 6.07) is 0.